The number of hydrogen-bond acceptors (Lipinski definition) is 5. The molecular weight excluding hydrogens is 380 g/mol. The van der Waals surface area contributed by atoms with E-state index in [9.17, 15) is 4.79 Å². The number of benzene rings is 3. The molecule has 1 saturated heterocycles. The summed E-state index contributed by atoms with van der Waals surface area (Å²) in [5.74, 6) is 1.63. The molecule has 5 heteroatoms. The van der Waals surface area contributed by atoms with E-state index < -0.39 is 6.10 Å². The Hall–Kier alpha value is -3.57. The molecule has 30 heavy (non-hydrogen) atoms. The fraction of sp³-hybridized carbons (Fsp3) is 0.160. The van der Waals surface area contributed by atoms with Gasteiger partial charge in [0.1, 0.15) is 35.6 Å². The number of ketones is 1. The third kappa shape index (κ3) is 3.55. The molecule has 0 unspecified atom stereocenters. The lowest BCUT2D eigenvalue weighted by Crippen LogP contribution is -2.11. The van der Waals surface area contributed by atoms with Gasteiger partial charge in [0.15, 0.2) is 11.9 Å². The monoisotopic (exact) mass is 400 g/mol. The van der Waals surface area contributed by atoms with E-state index >= 15 is 0 Å². The Bertz CT molecular complexity index is 1160. The molecule has 3 aromatic carbocycles. The summed E-state index contributed by atoms with van der Waals surface area (Å²) < 4.78 is 22.8. The van der Waals surface area contributed by atoms with Crippen LogP contribution in [0.4, 0.5) is 0 Å². The van der Waals surface area contributed by atoms with Crippen LogP contribution in [0.15, 0.2) is 83.3 Å². The van der Waals surface area contributed by atoms with Crippen LogP contribution < -0.4 is 9.47 Å². The average Bonchev–Trinajstić information content (AvgIpc) is 3.48. The molecule has 0 amide bonds. The summed E-state index contributed by atoms with van der Waals surface area (Å²) in [4.78, 5) is 13.2. The van der Waals surface area contributed by atoms with Crippen molar-refractivity contribution in [1.82, 2.24) is 0 Å². The maximum Gasteiger partial charge on any atom is 0.198 e. The molecule has 1 aliphatic rings. The molecule has 0 N–H and O–H groups in total. The van der Waals surface area contributed by atoms with Gasteiger partial charge in [-0.3, -0.25) is 4.79 Å². The summed E-state index contributed by atoms with van der Waals surface area (Å²) in [6.07, 6.45) is -0.966. The number of carbonyl (C=O) groups is 1. The molecule has 0 saturated carbocycles. The third-order valence-corrected chi connectivity index (χ3v) is 5.17. The minimum Gasteiger partial charge on any atom is -0.497 e. The molecule has 0 bridgehead atoms. The molecule has 5 nitrogen and oxygen atoms in total. The lowest BCUT2D eigenvalue weighted by Gasteiger charge is -2.12. The van der Waals surface area contributed by atoms with Crippen molar-refractivity contribution < 1.29 is 23.4 Å². The summed E-state index contributed by atoms with van der Waals surface area (Å²) in [5.41, 5.74) is 2.27. The van der Waals surface area contributed by atoms with Crippen molar-refractivity contribution in [1.29, 1.82) is 0 Å². The first kappa shape index (κ1) is 18.5. The zero-order valence-electron chi connectivity index (χ0n) is 16.4. The summed E-state index contributed by atoms with van der Waals surface area (Å²) in [6.45, 7) is 0.354. The highest BCUT2D eigenvalue weighted by Crippen LogP contribution is 2.44. The van der Waals surface area contributed by atoms with E-state index in [-0.39, 0.29) is 11.9 Å². The van der Waals surface area contributed by atoms with Crippen LogP contribution in [-0.2, 0) is 11.3 Å². The molecule has 1 fully saturated rings. The van der Waals surface area contributed by atoms with E-state index in [1.54, 1.807) is 25.3 Å². The average molecular weight is 400 g/mol. The Kier molecular flexibility index (Phi) is 4.73. The number of carbonyl (C=O) groups excluding carboxylic acids is 1. The third-order valence-electron chi connectivity index (χ3n) is 5.17. The minimum atomic E-state index is -0.585. The molecule has 4 aromatic rings. The van der Waals surface area contributed by atoms with Crippen molar-refractivity contribution >= 4 is 16.8 Å². The second kappa shape index (κ2) is 7.69. The van der Waals surface area contributed by atoms with E-state index in [0.717, 1.165) is 16.5 Å². The molecule has 5 rings (SSSR count). The fourth-order valence-corrected chi connectivity index (χ4v) is 3.51. The SMILES string of the molecule is COc1ccc(C(=O)[C@H]2O[C@@H]2c2cc3ccccc3o2)c(OCc2ccccc2)c1. The van der Waals surface area contributed by atoms with Gasteiger partial charge in [0.2, 0.25) is 0 Å². The normalized spacial score (nSPS) is 17.6. The Morgan fingerprint density at radius 1 is 0.967 bits per heavy atom. The molecule has 2 atom stereocenters. The highest BCUT2D eigenvalue weighted by molar-refractivity contribution is 6.03. The number of epoxide rings is 1. The van der Waals surface area contributed by atoms with E-state index in [0.29, 0.717) is 29.4 Å². The van der Waals surface area contributed by atoms with E-state index in [2.05, 4.69) is 0 Å². The van der Waals surface area contributed by atoms with Crippen molar-refractivity contribution in [3.63, 3.8) is 0 Å². The van der Waals surface area contributed by atoms with Gasteiger partial charge in [-0.1, -0.05) is 48.5 Å². The summed E-state index contributed by atoms with van der Waals surface area (Å²) in [7, 11) is 1.58. The van der Waals surface area contributed by atoms with Crippen molar-refractivity contribution in [3.05, 3.63) is 95.7 Å². The summed E-state index contributed by atoms with van der Waals surface area (Å²) >= 11 is 0. The second-order valence-corrected chi connectivity index (χ2v) is 7.16. The lowest BCUT2D eigenvalue weighted by atomic mass is 10.0. The molecular formula is C25H20O5. The standard InChI is InChI=1S/C25H20O5/c1-27-18-11-12-19(21(14-18)28-15-16-7-3-2-4-8-16)23(26)25-24(30-25)22-13-17-9-5-6-10-20(17)29-22/h2-14,24-25H,15H2,1H3/t24-,25-/m1/s1. The number of rotatable bonds is 7. The van der Waals surface area contributed by atoms with Crippen molar-refractivity contribution in [2.24, 2.45) is 0 Å². The van der Waals surface area contributed by atoms with Gasteiger partial charge >= 0.3 is 0 Å². The largest absolute Gasteiger partial charge is 0.497 e. The fourth-order valence-electron chi connectivity index (χ4n) is 3.51. The van der Waals surface area contributed by atoms with Crippen molar-refractivity contribution in [2.45, 2.75) is 18.8 Å². The van der Waals surface area contributed by atoms with Crippen LogP contribution in [0.25, 0.3) is 11.0 Å². The zero-order chi connectivity index (χ0) is 20.5. The topological polar surface area (TPSA) is 61.2 Å². The minimum absolute atomic E-state index is 0.133. The number of Topliss-reactive ketones (excluding diaryl/α,β-unsaturated/α-hetero) is 1. The number of methoxy groups -OCH3 is 1. The molecule has 0 spiro atoms. The molecule has 2 heterocycles. The number of ether oxygens (including phenoxy) is 3. The first-order valence-corrected chi connectivity index (χ1v) is 9.76. The van der Waals surface area contributed by atoms with Gasteiger partial charge in [-0.25, -0.2) is 0 Å². The van der Waals surface area contributed by atoms with Gasteiger partial charge in [-0.2, -0.15) is 0 Å². The molecule has 0 radical (unpaired) electrons. The first-order valence-electron chi connectivity index (χ1n) is 9.76. The Morgan fingerprint density at radius 3 is 2.57 bits per heavy atom. The van der Waals surface area contributed by atoms with Gasteiger partial charge in [0, 0.05) is 11.5 Å². The second-order valence-electron chi connectivity index (χ2n) is 7.16. The molecule has 1 aromatic heterocycles. The van der Waals surface area contributed by atoms with Crippen LogP contribution in [-0.4, -0.2) is 19.0 Å². The van der Waals surface area contributed by atoms with Crippen LogP contribution in [0.2, 0.25) is 0 Å². The quantitative estimate of drug-likeness (QED) is 0.309. The summed E-state index contributed by atoms with van der Waals surface area (Å²) in [6, 6.07) is 24.7. The van der Waals surface area contributed by atoms with Crippen molar-refractivity contribution in [3.8, 4) is 11.5 Å². The van der Waals surface area contributed by atoms with Crippen LogP contribution >= 0.6 is 0 Å². The molecule has 1 aliphatic heterocycles. The maximum atomic E-state index is 13.2. The highest BCUT2D eigenvalue weighted by atomic mass is 16.6. The predicted molar refractivity (Wildman–Crippen MR) is 112 cm³/mol. The van der Waals surface area contributed by atoms with E-state index in [1.807, 2.05) is 60.7 Å². The first-order chi connectivity index (χ1) is 14.7. The molecule has 150 valence electrons. The number of furan rings is 1. The summed E-state index contributed by atoms with van der Waals surface area (Å²) in [5, 5.41) is 0.991. The van der Waals surface area contributed by atoms with Gasteiger partial charge in [-0.05, 0) is 29.8 Å². The van der Waals surface area contributed by atoms with Crippen LogP contribution in [0.3, 0.4) is 0 Å². The van der Waals surface area contributed by atoms with Gasteiger partial charge < -0.3 is 18.6 Å². The van der Waals surface area contributed by atoms with Gasteiger partial charge in [0.25, 0.3) is 0 Å². The lowest BCUT2D eigenvalue weighted by molar-refractivity contribution is 0.0949. The van der Waals surface area contributed by atoms with Crippen LogP contribution in [0, 0.1) is 0 Å². The Balaban J connectivity index is 1.37. The van der Waals surface area contributed by atoms with Crippen LogP contribution in [0.1, 0.15) is 27.8 Å². The van der Waals surface area contributed by atoms with Gasteiger partial charge in [0.05, 0.1) is 12.7 Å². The molecule has 0 aliphatic carbocycles. The number of hydrogen-bond donors (Lipinski definition) is 0. The van der Waals surface area contributed by atoms with Gasteiger partial charge in [-0.15, -0.1) is 0 Å². The smallest absolute Gasteiger partial charge is 0.198 e. The highest BCUT2D eigenvalue weighted by Gasteiger charge is 2.49. The number of para-hydroxylation sites is 1. The van der Waals surface area contributed by atoms with E-state index in [4.69, 9.17) is 18.6 Å². The van der Waals surface area contributed by atoms with Crippen molar-refractivity contribution in [2.75, 3.05) is 7.11 Å². The number of fused-ring (bicyclic) bond motifs is 1. The Labute approximate surface area is 173 Å². The van der Waals surface area contributed by atoms with Crippen LogP contribution in [0.5, 0.6) is 11.5 Å². The maximum absolute atomic E-state index is 13.2. The zero-order valence-corrected chi connectivity index (χ0v) is 16.4. The Morgan fingerprint density at radius 2 is 1.77 bits per heavy atom. The van der Waals surface area contributed by atoms with E-state index in [1.165, 1.54) is 0 Å². The predicted octanol–water partition coefficient (Wildman–Crippen LogP) is 5.34.